The lowest BCUT2D eigenvalue weighted by molar-refractivity contribution is -0.140. The zero-order valence-electron chi connectivity index (χ0n) is 18.2. The van der Waals surface area contributed by atoms with Crippen LogP contribution in [0.15, 0.2) is 42.5 Å². The Labute approximate surface area is 182 Å². The van der Waals surface area contributed by atoms with E-state index >= 15 is 0 Å². The number of carbonyl (C=O) groups excluding carboxylic acids is 1. The number of methoxy groups -OCH3 is 2. The number of hydrogen-bond donors (Lipinski definition) is 1. The fraction of sp³-hybridized carbons (Fsp3) is 0.417. The van der Waals surface area contributed by atoms with E-state index in [1.54, 1.807) is 19.2 Å². The number of phenols is 1. The molecule has 0 saturated heterocycles. The fourth-order valence-electron chi connectivity index (χ4n) is 3.46. The molecule has 7 nitrogen and oxygen atoms in total. The van der Waals surface area contributed by atoms with E-state index in [4.69, 9.17) is 14.5 Å². The van der Waals surface area contributed by atoms with Gasteiger partial charge in [-0.15, -0.1) is 0 Å². The summed E-state index contributed by atoms with van der Waals surface area (Å²) in [6.07, 6.45) is 3.90. The molecule has 2 aromatic carbocycles. The van der Waals surface area contributed by atoms with Gasteiger partial charge in [-0.05, 0) is 62.1 Å². The van der Waals surface area contributed by atoms with Crippen molar-refractivity contribution in [3.05, 3.63) is 42.5 Å². The summed E-state index contributed by atoms with van der Waals surface area (Å²) in [6, 6.07) is 13.0. The molecule has 7 heteroatoms. The van der Waals surface area contributed by atoms with Crippen molar-refractivity contribution in [1.82, 2.24) is 9.55 Å². The molecule has 31 heavy (non-hydrogen) atoms. The van der Waals surface area contributed by atoms with E-state index in [9.17, 15) is 9.90 Å². The number of unbranched alkanes of at least 4 members (excludes halogenated alkanes) is 2. The number of aryl methyl sites for hydroxylation is 1. The van der Waals surface area contributed by atoms with E-state index in [1.807, 2.05) is 30.3 Å². The van der Waals surface area contributed by atoms with Crippen molar-refractivity contribution in [3.8, 4) is 22.9 Å². The number of rotatable bonds is 12. The van der Waals surface area contributed by atoms with Gasteiger partial charge in [-0.1, -0.05) is 0 Å². The van der Waals surface area contributed by atoms with Crippen LogP contribution in [0.3, 0.4) is 0 Å². The van der Waals surface area contributed by atoms with Crippen LogP contribution in [0.1, 0.15) is 32.1 Å². The van der Waals surface area contributed by atoms with E-state index in [2.05, 4.69) is 9.30 Å². The van der Waals surface area contributed by atoms with Crippen molar-refractivity contribution in [3.63, 3.8) is 0 Å². The minimum Gasteiger partial charge on any atom is -0.508 e. The molecule has 0 aliphatic rings. The molecule has 0 radical (unpaired) electrons. The Morgan fingerprint density at radius 1 is 1.00 bits per heavy atom. The Hall–Kier alpha value is -3.06. The molecule has 166 valence electrons. The third-order valence-electron chi connectivity index (χ3n) is 5.10. The number of carbonyl (C=O) groups is 1. The summed E-state index contributed by atoms with van der Waals surface area (Å²) in [5, 5.41) is 9.62. The molecule has 0 unspecified atom stereocenters. The van der Waals surface area contributed by atoms with Crippen LogP contribution in [-0.2, 0) is 20.8 Å². The molecule has 0 aliphatic heterocycles. The molecular weight excluding hydrogens is 396 g/mol. The summed E-state index contributed by atoms with van der Waals surface area (Å²) in [7, 11) is 3.11. The fourth-order valence-corrected chi connectivity index (χ4v) is 3.46. The highest BCUT2D eigenvalue weighted by molar-refractivity contribution is 5.82. The Bertz CT molecular complexity index is 982. The van der Waals surface area contributed by atoms with Crippen molar-refractivity contribution in [1.29, 1.82) is 0 Å². The first kappa shape index (κ1) is 22.6. The first-order valence-electron chi connectivity index (χ1n) is 10.6. The van der Waals surface area contributed by atoms with Gasteiger partial charge in [0.15, 0.2) is 0 Å². The van der Waals surface area contributed by atoms with Gasteiger partial charge < -0.3 is 23.9 Å². The first-order valence-corrected chi connectivity index (χ1v) is 10.6. The zero-order chi connectivity index (χ0) is 22.1. The Balaban J connectivity index is 1.73. The van der Waals surface area contributed by atoms with Crippen LogP contribution in [0.25, 0.3) is 22.4 Å². The van der Waals surface area contributed by atoms with Gasteiger partial charge in [0.2, 0.25) is 0 Å². The Morgan fingerprint density at radius 3 is 2.55 bits per heavy atom. The zero-order valence-corrected chi connectivity index (χ0v) is 18.2. The third-order valence-corrected chi connectivity index (χ3v) is 5.10. The quantitative estimate of drug-likeness (QED) is 0.338. The Morgan fingerprint density at radius 2 is 1.81 bits per heavy atom. The molecule has 0 aliphatic carbocycles. The lowest BCUT2D eigenvalue weighted by Gasteiger charge is -2.10. The lowest BCUT2D eigenvalue weighted by atomic mass is 10.2. The predicted octanol–water partition coefficient (Wildman–Crippen LogP) is 4.56. The van der Waals surface area contributed by atoms with E-state index in [1.165, 1.54) is 7.11 Å². The first-order chi connectivity index (χ1) is 15.1. The van der Waals surface area contributed by atoms with Crippen LogP contribution < -0.4 is 4.74 Å². The molecule has 1 aromatic heterocycles. The van der Waals surface area contributed by atoms with E-state index in [0.717, 1.165) is 60.4 Å². The molecular formula is C24H30N2O5. The van der Waals surface area contributed by atoms with Crippen LogP contribution in [-0.4, -0.2) is 48.1 Å². The van der Waals surface area contributed by atoms with Gasteiger partial charge in [0.1, 0.15) is 17.3 Å². The highest BCUT2D eigenvalue weighted by Crippen LogP contribution is 2.29. The minimum atomic E-state index is -0.169. The number of nitrogens with zero attached hydrogens (tertiary/aromatic N) is 2. The molecule has 3 aromatic rings. The number of aromatic nitrogens is 2. The van der Waals surface area contributed by atoms with E-state index in [0.29, 0.717) is 19.6 Å². The number of phenolic OH excluding ortho intramolecular Hbond substituents is 1. The van der Waals surface area contributed by atoms with Crippen LogP contribution in [0.4, 0.5) is 0 Å². The smallest absolute Gasteiger partial charge is 0.305 e. The third kappa shape index (κ3) is 6.21. The van der Waals surface area contributed by atoms with Crippen LogP contribution >= 0.6 is 0 Å². The summed E-state index contributed by atoms with van der Waals surface area (Å²) in [5.74, 6) is 1.71. The second-order valence-corrected chi connectivity index (χ2v) is 7.37. The predicted molar refractivity (Wildman–Crippen MR) is 119 cm³/mol. The second kappa shape index (κ2) is 11.4. The number of benzene rings is 2. The number of ether oxygens (including phenoxy) is 3. The maximum absolute atomic E-state index is 11.2. The van der Waals surface area contributed by atoms with Gasteiger partial charge in [0.25, 0.3) is 0 Å². The van der Waals surface area contributed by atoms with Gasteiger partial charge in [0, 0.05) is 38.3 Å². The summed E-state index contributed by atoms with van der Waals surface area (Å²) in [5.41, 5.74) is 2.84. The van der Waals surface area contributed by atoms with Gasteiger partial charge in [0.05, 0.1) is 24.8 Å². The number of hydrogen-bond acceptors (Lipinski definition) is 6. The molecule has 0 bridgehead atoms. The van der Waals surface area contributed by atoms with Crippen LogP contribution in [0, 0.1) is 0 Å². The SMILES string of the molecule is COCCCn1c(-c2ccc(O)cc2)nc2ccc(OCCCCCC(=O)OC)cc21. The molecule has 0 atom stereocenters. The number of esters is 1. The largest absolute Gasteiger partial charge is 0.508 e. The maximum atomic E-state index is 11.2. The van der Waals surface area contributed by atoms with E-state index in [-0.39, 0.29) is 11.7 Å². The number of imidazole rings is 1. The molecule has 1 N–H and O–H groups in total. The summed E-state index contributed by atoms with van der Waals surface area (Å²) in [6.45, 7) is 2.02. The minimum absolute atomic E-state index is 0.169. The molecule has 0 saturated carbocycles. The topological polar surface area (TPSA) is 82.8 Å². The number of aromatic hydroxyl groups is 1. The van der Waals surface area contributed by atoms with Crippen molar-refractivity contribution in [2.24, 2.45) is 0 Å². The average molecular weight is 427 g/mol. The Kier molecular flexibility index (Phi) is 8.29. The van der Waals surface area contributed by atoms with Gasteiger partial charge in [-0.25, -0.2) is 4.98 Å². The average Bonchev–Trinajstić information content (AvgIpc) is 3.14. The van der Waals surface area contributed by atoms with Crippen molar-refractivity contribution < 1.29 is 24.1 Å². The van der Waals surface area contributed by atoms with Crippen LogP contribution in [0.2, 0.25) is 0 Å². The summed E-state index contributed by atoms with van der Waals surface area (Å²) < 4.78 is 18.0. The molecule has 0 amide bonds. The van der Waals surface area contributed by atoms with Crippen molar-refractivity contribution in [2.75, 3.05) is 27.4 Å². The van der Waals surface area contributed by atoms with E-state index < -0.39 is 0 Å². The molecule has 0 spiro atoms. The second-order valence-electron chi connectivity index (χ2n) is 7.37. The standard InChI is InChI=1S/C24H30N2O5/c1-29-15-6-14-26-22-17-20(31-16-5-3-4-7-23(28)30-2)12-13-21(22)25-24(26)18-8-10-19(27)11-9-18/h8-13,17,27H,3-7,14-16H2,1-2H3. The lowest BCUT2D eigenvalue weighted by Crippen LogP contribution is -2.04. The van der Waals surface area contributed by atoms with Gasteiger partial charge in [-0.2, -0.15) is 0 Å². The molecule has 1 heterocycles. The van der Waals surface area contributed by atoms with Crippen molar-refractivity contribution in [2.45, 2.75) is 38.6 Å². The molecule has 0 fully saturated rings. The highest BCUT2D eigenvalue weighted by atomic mass is 16.5. The van der Waals surface area contributed by atoms with Crippen molar-refractivity contribution >= 4 is 17.0 Å². The number of fused-ring (bicyclic) bond motifs is 1. The highest BCUT2D eigenvalue weighted by Gasteiger charge is 2.14. The van der Waals surface area contributed by atoms with Gasteiger partial charge in [-0.3, -0.25) is 4.79 Å². The normalized spacial score (nSPS) is 11.0. The summed E-state index contributed by atoms with van der Waals surface area (Å²) in [4.78, 5) is 16.0. The monoisotopic (exact) mass is 426 g/mol. The van der Waals surface area contributed by atoms with Crippen LogP contribution in [0.5, 0.6) is 11.5 Å². The van der Waals surface area contributed by atoms with Gasteiger partial charge >= 0.3 is 5.97 Å². The summed E-state index contributed by atoms with van der Waals surface area (Å²) >= 11 is 0. The molecule has 3 rings (SSSR count). The maximum Gasteiger partial charge on any atom is 0.305 e.